The van der Waals surface area contributed by atoms with E-state index in [0.29, 0.717) is 17.8 Å². The predicted octanol–water partition coefficient (Wildman–Crippen LogP) is 3.78. The lowest BCUT2D eigenvalue weighted by Gasteiger charge is -2.26. The highest BCUT2D eigenvalue weighted by atomic mass is 19.4. The molecule has 3 aromatic rings. The van der Waals surface area contributed by atoms with E-state index in [2.05, 4.69) is 49.6 Å². The molecule has 1 fully saturated rings. The highest BCUT2D eigenvalue weighted by Crippen LogP contribution is 2.50. The molecular weight excluding hydrogens is 507 g/mol. The third-order valence-corrected chi connectivity index (χ3v) is 7.78. The van der Waals surface area contributed by atoms with Crippen molar-refractivity contribution in [3.05, 3.63) is 77.1 Å². The Balaban J connectivity index is 1.30. The number of pyridine rings is 1. The third kappa shape index (κ3) is 4.99. The summed E-state index contributed by atoms with van der Waals surface area (Å²) >= 11 is 0. The Labute approximate surface area is 223 Å². The number of aryl methyl sites for hydroxylation is 1. The van der Waals surface area contributed by atoms with Crippen LogP contribution in [0.15, 0.2) is 49.2 Å². The van der Waals surface area contributed by atoms with Gasteiger partial charge in [-0.2, -0.15) is 18.2 Å². The van der Waals surface area contributed by atoms with Crippen LogP contribution in [-0.4, -0.2) is 40.1 Å². The minimum absolute atomic E-state index is 0.0104. The number of nitrogens with zero attached hydrogens (tertiary/aromatic N) is 3. The molecule has 202 valence electrons. The molecule has 1 unspecified atom stereocenters. The fourth-order valence-corrected chi connectivity index (χ4v) is 5.60. The second-order valence-electron chi connectivity index (χ2n) is 10.4. The molecule has 1 aliphatic heterocycles. The minimum atomic E-state index is -4.36. The number of carbonyl (C=O) groups is 1. The Morgan fingerprint density at radius 2 is 2.05 bits per heavy atom. The zero-order valence-electron chi connectivity index (χ0n) is 21.2. The van der Waals surface area contributed by atoms with Gasteiger partial charge in [0.05, 0.1) is 17.8 Å². The van der Waals surface area contributed by atoms with Gasteiger partial charge in [-0.05, 0) is 60.6 Å². The second kappa shape index (κ2) is 9.73. The van der Waals surface area contributed by atoms with Crippen molar-refractivity contribution in [2.45, 2.75) is 49.7 Å². The van der Waals surface area contributed by atoms with E-state index in [4.69, 9.17) is 0 Å². The highest BCUT2D eigenvalue weighted by molar-refractivity contribution is 5.97. The molecular formula is C28H29F3N7O+. The van der Waals surface area contributed by atoms with Crippen LogP contribution in [0.3, 0.4) is 0 Å². The van der Waals surface area contributed by atoms with Gasteiger partial charge in [-0.1, -0.05) is 12.1 Å². The molecule has 1 amide bonds. The summed E-state index contributed by atoms with van der Waals surface area (Å²) in [6.45, 7) is 5.65. The lowest BCUT2D eigenvalue weighted by molar-refractivity contribution is -0.487. The van der Waals surface area contributed by atoms with Crippen molar-refractivity contribution >= 4 is 29.2 Å². The first-order valence-corrected chi connectivity index (χ1v) is 13.0. The fourth-order valence-electron chi connectivity index (χ4n) is 5.60. The van der Waals surface area contributed by atoms with Crippen molar-refractivity contribution in [1.29, 1.82) is 0 Å². The number of hydrogen-bond donors (Lipinski definition) is 4. The molecule has 8 nitrogen and oxygen atoms in total. The van der Waals surface area contributed by atoms with Crippen molar-refractivity contribution in [2.75, 3.05) is 18.4 Å². The molecule has 3 heterocycles. The standard InChI is InChI=1S/C28H28F3N7O/c1-2-11-33-25(39)19-14-34-26(35-18-5-7-20-17(12-18)13-32-15-27(20)9-10-27)38-24(19)37-22-8-4-16-3-6-21(23(16)36-22)28(29,30)31/h2,4-5,7-8,12,14,21,32H,1,3,6,9-11,13,15H2,(H,33,39)(H2,34,35,36,37,38)/p+1. The number of nitrogens with two attached hydrogens (primary N) is 1. The molecule has 39 heavy (non-hydrogen) atoms. The average Bonchev–Trinajstić information content (AvgIpc) is 3.53. The largest absolute Gasteiger partial charge is 0.397 e. The van der Waals surface area contributed by atoms with Crippen LogP contribution in [-0.2, 0) is 18.4 Å². The number of fused-ring (bicyclic) bond motifs is 3. The van der Waals surface area contributed by atoms with Gasteiger partial charge in [-0.15, -0.1) is 6.58 Å². The maximum absolute atomic E-state index is 13.6. The first kappa shape index (κ1) is 25.4. The van der Waals surface area contributed by atoms with E-state index in [1.165, 1.54) is 35.5 Å². The minimum Gasteiger partial charge on any atom is -0.348 e. The molecule has 1 saturated carbocycles. The lowest BCUT2D eigenvalue weighted by atomic mass is 9.88. The van der Waals surface area contributed by atoms with Crippen molar-refractivity contribution in [1.82, 2.24) is 25.6 Å². The fraction of sp³-hybridized carbons (Fsp3) is 0.357. The summed E-state index contributed by atoms with van der Waals surface area (Å²) in [5.74, 6) is -1.20. The molecule has 3 aliphatic rings. The van der Waals surface area contributed by atoms with E-state index >= 15 is 0 Å². The smallest absolute Gasteiger partial charge is 0.348 e. The number of hydrogen-bond acceptors (Lipinski definition) is 6. The van der Waals surface area contributed by atoms with Crippen LogP contribution >= 0.6 is 0 Å². The Kier molecular flexibility index (Phi) is 6.35. The number of rotatable bonds is 7. The normalized spacial score (nSPS) is 18.8. The van der Waals surface area contributed by atoms with Gasteiger partial charge < -0.3 is 16.0 Å². The number of quaternary nitrogens is 1. The number of alkyl halides is 3. The van der Waals surface area contributed by atoms with Crippen LogP contribution in [0.1, 0.15) is 57.9 Å². The monoisotopic (exact) mass is 536 g/mol. The van der Waals surface area contributed by atoms with Gasteiger partial charge in [0.25, 0.3) is 5.91 Å². The van der Waals surface area contributed by atoms with Gasteiger partial charge in [-0.25, -0.2) is 15.3 Å². The first-order chi connectivity index (χ1) is 18.8. The number of nitrogens with one attached hydrogen (secondary N) is 3. The number of amides is 1. The van der Waals surface area contributed by atoms with E-state index in [0.717, 1.165) is 18.8 Å². The van der Waals surface area contributed by atoms with Gasteiger partial charge in [0, 0.05) is 36.8 Å². The maximum Gasteiger partial charge on any atom is 0.397 e. The summed E-state index contributed by atoms with van der Waals surface area (Å²) < 4.78 is 40.7. The van der Waals surface area contributed by atoms with Crippen molar-refractivity contribution in [3.63, 3.8) is 0 Å². The summed E-state index contributed by atoms with van der Waals surface area (Å²) in [6, 6.07) is 9.56. The Hall–Kier alpha value is -3.83. The van der Waals surface area contributed by atoms with Gasteiger partial charge >= 0.3 is 6.18 Å². The Bertz CT molecular complexity index is 1450. The molecule has 6 rings (SSSR count). The number of anilines is 2. The van der Waals surface area contributed by atoms with E-state index in [1.807, 2.05) is 6.07 Å². The summed E-state index contributed by atoms with van der Waals surface area (Å²) in [5.41, 5.74) is 4.51. The molecule has 0 bridgehead atoms. The van der Waals surface area contributed by atoms with Gasteiger partial charge in [-0.3, -0.25) is 4.79 Å². The van der Waals surface area contributed by atoms with Crippen molar-refractivity contribution in [2.24, 2.45) is 0 Å². The van der Waals surface area contributed by atoms with E-state index in [1.54, 1.807) is 18.2 Å². The summed E-state index contributed by atoms with van der Waals surface area (Å²) in [4.78, 5) is 26.1. The van der Waals surface area contributed by atoms with Crippen LogP contribution in [0.5, 0.6) is 0 Å². The third-order valence-electron chi connectivity index (χ3n) is 7.78. The SMILES string of the molecule is C=CCNC(=O)c1cnc(Nc2ccc3c(c2)CNCC32CC2)nc1[NH2+]c1ccc2c(n1)C(C(F)(F)F)CC2. The number of aromatic nitrogens is 3. The zero-order chi connectivity index (χ0) is 27.2. The molecule has 0 radical (unpaired) electrons. The quantitative estimate of drug-likeness (QED) is 0.343. The predicted molar refractivity (Wildman–Crippen MR) is 140 cm³/mol. The first-order valence-electron chi connectivity index (χ1n) is 13.0. The van der Waals surface area contributed by atoms with Gasteiger partial charge in [0.2, 0.25) is 17.6 Å². The van der Waals surface area contributed by atoms with E-state index in [9.17, 15) is 18.0 Å². The second-order valence-corrected chi connectivity index (χ2v) is 10.4. The van der Waals surface area contributed by atoms with Crippen molar-refractivity contribution < 1.29 is 23.3 Å². The van der Waals surface area contributed by atoms with Crippen LogP contribution in [0, 0.1) is 0 Å². The van der Waals surface area contributed by atoms with Crippen LogP contribution in [0.2, 0.25) is 0 Å². The average molecular weight is 537 g/mol. The van der Waals surface area contributed by atoms with E-state index in [-0.39, 0.29) is 41.4 Å². The van der Waals surface area contributed by atoms with E-state index < -0.39 is 18.0 Å². The molecule has 2 aliphatic carbocycles. The molecule has 1 spiro atoms. The molecule has 2 aromatic heterocycles. The lowest BCUT2D eigenvalue weighted by Crippen LogP contribution is -2.73. The topological polar surface area (TPSA) is 108 Å². The molecule has 5 N–H and O–H groups in total. The van der Waals surface area contributed by atoms with Crippen LogP contribution in [0.25, 0.3) is 0 Å². The number of benzene rings is 1. The van der Waals surface area contributed by atoms with Gasteiger partial charge in [0.1, 0.15) is 5.56 Å². The molecule has 1 atom stereocenters. The van der Waals surface area contributed by atoms with Crippen LogP contribution in [0.4, 0.5) is 36.4 Å². The molecule has 11 heteroatoms. The summed E-state index contributed by atoms with van der Waals surface area (Å²) in [6.07, 6.45) is 1.31. The highest BCUT2D eigenvalue weighted by Gasteiger charge is 2.47. The Morgan fingerprint density at radius 3 is 2.82 bits per heavy atom. The van der Waals surface area contributed by atoms with Crippen molar-refractivity contribution in [3.8, 4) is 0 Å². The molecule has 1 aromatic carbocycles. The maximum atomic E-state index is 13.6. The summed E-state index contributed by atoms with van der Waals surface area (Å²) in [5, 5.41) is 10.9. The summed E-state index contributed by atoms with van der Waals surface area (Å²) in [7, 11) is 0. The van der Waals surface area contributed by atoms with Gasteiger partial charge in [0.15, 0.2) is 0 Å². The van der Waals surface area contributed by atoms with Crippen LogP contribution < -0.4 is 21.3 Å². The molecule has 0 saturated heterocycles. The number of halogens is 3. The zero-order valence-corrected chi connectivity index (χ0v) is 21.2. The Morgan fingerprint density at radius 1 is 1.21 bits per heavy atom. The number of carbonyl (C=O) groups excluding carboxylic acids is 1.